The van der Waals surface area contributed by atoms with Gasteiger partial charge in [0.15, 0.2) is 5.82 Å². The number of anilines is 1. The van der Waals surface area contributed by atoms with Crippen molar-refractivity contribution in [2.24, 2.45) is 5.41 Å². The van der Waals surface area contributed by atoms with Gasteiger partial charge in [-0.05, 0) is 42.6 Å². The summed E-state index contributed by atoms with van der Waals surface area (Å²) in [5.41, 5.74) is 1.46. The van der Waals surface area contributed by atoms with E-state index in [1.807, 2.05) is 6.07 Å². The molecular formula is C19H21N3O3. The molecule has 1 spiro atoms. The molecule has 25 heavy (non-hydrogen) atoms. The summed E-state index contributed by atoms with van der Waals surface area (Å²) in [6.07, 6.45) is 7.38. The lowest BCUT2D eigenvalue weighted by molar-refractivity contribution is -0.137. The number of carboxylic acid groups (broad SMARTS) is 1. The smallest absolute Gasteiger partial charge is 0.323 e. The van der Waals surface area contributed by atoms with Crippen LogP contribution in [-0.4, -0.2) is 26.7 Å². The summed E-state index contributed by atoms with van der Waals surface area (Å²) >= 11 is 0. The summed E-state index contributed by atoms with van der Waals surface area (Å²) in [5, 5.41) is 12.0. The molecule has 0 unspecified atom stereocenters. The Hall–Kier alpha value is -2.63. The lowest BCUT2D eigenvalue weighted by Crippen LogP contribution is -2.52. The van der Waals surface area contributed by atoms with E-state index in [4.69, 9.17) is 5.11 Å². The summed E-state index contributed by atoms with van der Waals surface area (Å²) < 4.78 is 1.17. The minimum absolute atomic E-state index is 0.248. The highest BCUT2D eigenvalue weighted by atomic mass is 16.4. The number of nitrogens with one attached hydrogen (secondary N) is 1. The molecule has 6 nitrogen and oxygen atoms in total. The lowest BCUT2D eigenvalue weighted by atomic mass is 9.49. The number of aliphatic carboxylic acids is 1. The Labute approximate surface area is 145 Å². The lowest BCUT2D eigenvalue weighted by Gasteiger charge is -2.58. The third kappa shape index (κ3) is 3.04. The van der Waals surface area contributed by atoms with Crippen molar-refractivity contribution in [2.45, 2.75) is 44.2 Å². The SMILES string of the molecule is O=C(O)Cn1ccnc(NC2CC3(C2)CC(c2ccccc2)C3)c1=O. The quantitative estimate of drug-likeness (QED) is 0.874. The molecule has 1 aromatic carbocycles. The summed E-state index contributed by atoms with van der Waals surface area (Å²) in [6.45, 7) is -0.344. The Bertz CT molecular complexity index is 832. The fourth-order valence-corrected chi connectivity index (χ4v) is 4.38. The molecule has 1 aromatic heterocycles. The van der Waals surface area contributed by atoms with Crippen LogP contribution in [0.1, 0.15) is 37.2 Å². The van der Waals surface area contributed by atoms with Gasteiger partial charge in [-0.3, -0.25) is 14.2 Å². The van der Waals surface area contributed by atoms with E-state index in [1.165, 1.54) is 35.4 Å². The summed E-state index contributed by atoms with van der Waals surface area (Å²) in [4.78, 5) is 27.1. The second-order valence-electron chi connectivity index (χ2n) is 7.37. The summed E-state index contributed by atoms with van der Waals surface area (Å²) in [6, 6.07) is 10.9. The van der Waals surface area contributed by atoms with Crippen LogP contribution in [-0.2, 0) is 11.3 Å². The maximum Gasteiger partial charge on any atom is 0.323 e. The predicted molar refractivity (Wildman–Crippen MR) is 93.6 cm³/mol. The third-order valence-electron chi connectivity index (χ3n) is 5.55. The van der Waals surface area contributed by atoms with Gasteiger partial charge in [0.1, 0.15) is 6.54 Å². The third-order valence-corrected chi connectivity index (χ3v) is 5.55. The highest BCUT2D eigenvalue weighted by Gasteiger charge is 2.53. The van der Waals surface area contributed by atoms with Gasteiger partial charge < -0.3 is 10.4 Å². The molecule has 1 heterocycles. The van der Waals surface area contributed by atoms with Gasteiger partial charge in [0, 0.05) is 18.4 Å². The minimum Gasteiger partial charge on any atom is -0.480 e. The molecule has 2 aliphatic carbocycles. The van der Waals surface area contributed by atoms with E-state index in [2.05, 4.69) is 34.6 Å². The molecule has 0 saturated heterocycles. The fourth-order valence-electron chi connectivity index (χ4n) is 4.38. The fraction of sp³-hybridized carbons (Fsp3) is 0.421. The number of rotatable bonds is 5. The molecule has 2 N–H and O–H groups in total. The highest BCUT2D eigenvalue weighted by Crippen LogP contribution is 2.62. The van der Waals surface area contributed by atoms with E-state index in [0.29, 0.717) is 11.3 Å². The van der Waals surface area contributed by atoms with Crippen LogP contribution in [0.15, 0.2) is 47.5 Å². The average Bonchev–Trinajstić information content (AvgIpc) is 2.52. The molecule has 2 saturated carbocycles. The molecule has 0 bridgehead atoms. The molecule has 0 amide bonds. The second kappa shape index (κ2) is 6.02. The Morgan fingerprint density at radius 2 is 1.96 bits per heavy atom. The molecule has 2 aliphatic rings. The number of hydrogen-bond acceptors (Lipinski definition) is 4. The number of hydrogen-bond donors (Lipinski definition) is 2. The van der Waals surface area contributed by atoms with Gasteiger partial charge in [-0.15, -0.1) is 0 Å². The summed E-state index contributed by atoms with van der Waals surface area (Å²) in [5.74, 6) is -0.129. The Morgan fingerprint density at radius 3 is 2.64 bits per heavy atom. The van der Waals surface area contributed by atoms with Crippen LogP contribution in [0, 0.1) is 5.41 Å². The van der Waals surface area contributed by atoms with E-state index in [0.717, 1.165) is 12.8 Å². The van der Waals surface area contributed by atoms with Gasteiger partial charge in [-0.1, -0.05) is 30.3 Å². The standard InChI is InChI=1S/C19H21N3O3/c23-16(24)12-22-7-6-20-17(18(22)25)21-15-10-19(11-15)8-14(9-19)13-4-2-1-3-5-13/h1-7,14-15H,8-12H2,(H,20,21)(H,23,24). The molecule has 2 aromatic rings. The first kappa shape index (κ1) is 15.9. The van der Waals surface area contributed by atoms with Gasteiger partial charge in [-0.2, -0.15) is 0 Å². The molecule has 0 radical (unpaired) electrons. The van der Waals surface area contributed by atoms with E-state index >= 15 is 0 Å². The zero-order valence-electron chi connectivity index (χ0n) is 13.9. The van der Waals surface area contributed by atoms with Crippen molar-refractivity contribution in [1.29, 1.82) is 0 Å². The maximum absolute atomic E-state index is 12.2. The molecule has 0 aliphatic heterocycles. The Balaban J connectivity index is 1.34. The number of benzene rings is 1. The van der Waals surface area contributed by atoms with E-state index < -0.39 is 5.97 Å². The van der Waals surface area contributed by atoms with E-state index in [1.54, 1.807) is 0 Å². The van der Waals surface area contributed by atoms with E-state index in [-0.39, 0.29) is 24.0 Å². The molecular weight excluding hydrogens is 318 g/mol. The number of carboxylic acids is 1. The first-order valence-corrected chi connectivity index (χ1v) is 8.63. The number of nitrogens with zero attached hydrogens (tertiary/aromatic N) is 2. The van der Waals surface area contributed by atoms with Crippen molar-refractivity contribution in [3.63, 3.8) is 0 Å². The van der Waals surface area contributed by atoms with E-state index in [9.17, 15) is 9.59 Å². The first-order chi connectivity index (χ1) is 12.0. The molecule has 6 heteroatoms. The topological polar surface area (TPSA) is 84.2 Å². The van der Waals surface area contributed by atoms with Crippen molar-refractivity contribution in [2.75, 3.05) is 5.32 Å². The van der Waals surface area contributed by atoms with Gasteiger partial charge in [0.05, 0.1) is 0 Å². The monoisotopic (exact) mass is 339 g/mol. The number of carbonyl (C=O) groups is 1. The van der Waals surface area contributed by atoms with Crippen LogP contribution in [0.5, 0.6) is 0 Å². The van der Waals surface area contributed by atoms with Crippen molar-refractivity contribution in [3.05, 3.63) is 58.6 Å². The van der Waals surface area contributed by atoms with Gasteiger partial charge in [0.25, 0.3) is 5.56 Å². The normalized spacial score (nSPS) is 27.4. The molecule has 130 valence electrons. The van der Waals surface area contributed by atoms with Crippen LogP contribution in [0.4, 0.5) is 5.82 Å². The average molecular weight is 339 g/mol. The molecule has 2 fully saturated rings. The molecule has 0 atom stereocenters. The zero-order valence-corrected chi connectivity index (χ0v) is 13.9. The van der Waals surface area contributed by atoms with Crippen LogP contribution in [0.3, 0.4) is 0 Å². The van der Waals surface area contributed by atoms with Crippen LogP contribution >= 0.6 is 0 Å². The molecule has 4 rings (SSSR count). The van der Waals surface area contributed by atoms with Crippen molar-refractivity contribution in [3.8, 4) is 0 Å². The van der Waals surface area contributed by atoms with Crippen molar-refractivity contribution >= 4 is 11.8 Å². The maximum atomic E-state index is 12.2. The van der Waals surface area contributed by atoms with Gasteiger partial charge in [-0.25, -0.2) is 4.98 Å². The predicted octanol–water partition coefficient (Wildman–Crippen LogP) is 2.47. The van der Waals surface area contributed by atoms with Crippen molar-refractivity contribution < 1.29 is 9.90 Å². The zero-order chi connectivity index (χ0) is 17.4. The van der Waals surface area contributed by atoms with Crippen LogP contribution < -0.4 is 10.9 Å². The van der Waals surface area contributed by atoms with Gasteiger partial charge in [0.2, 0.25) is 0 Å². The Morgan fingerprint density at radius 1 is 1.24 bits per heavy atom. The van der Waals surface area contributed by atoms with Gasteiger partial charge >= 0.3 is 5.97 Å². The minimum atomic E-state index is -1.04. The second-order valence-corrected chi connectivity index (χ2v) is 7.37. The first-order valence-electron chi connectivity index (χ1n) is 8.63. The van der Waals surface area contributed by atoms with Crippen LogP contribution in [0.2, 0.25) is 0 Å². The van der Waals surface area contributed by atoms with Crippen LogP contribution in [0.25, 0.3) is 0 Å². The highest BCUT2D eigenvalue weighted by molar-refractivity contribution is 5.66. The van der Waals surface area contributed by atoms with Crippen molar-refractivity contribution in [1.82, 2.24) is 9.55 Å². The Kier molecular flexibility index (Phi) is 3.82. The largest absolute Gasteiger partial charge is 0.480 e. The number of aromatic nitrogens is 2. The summed E-state index contributed by atoms with van der Waals surface area (Å²) in [7, 11) is 0.